The standard InChI is InChI=1S/C21H27N5O/c1-5-21(12-22-13-21)6-2-15(1)17-11-26-18(25-17)10-24-20-19(26)16(9-23-20)14-3-7-27-8-4-14/h9-11,14-15,22-23H,1-8,12-13H2. The zero-order valence-electron chi connectivity index (χ0n) is 15.7. The minimum Gasteiger partial charge on any atom is -0.381 e. The van der Waals surface area contributed by atoms with Crippen LogP contribution in [-0.4, -0.2) is 45.7 Å². The van der Waals surface area contributed by atoms with Gasteiger partial charge in [-0.3, -0.25) is 4.40 Å². The normalized spacial score (nSPS) is 24.0. The average molecular weight is 365 g/mol. The van der Waals surface area contributed by atoms with E-state index in [4.69, 9.17) is 9.72 Å². The molecule has 0 radical (unpaired) electrons. The van der Waals surface area contributed by atoms with Crippen LogP contribution in [0.5, 0.6) is 0 Å². The fourth-order valence-electron chi connectivity index (χ4n) is 5.45. The van der Waals surface area contributed by atoms with Gasteiger partial charge in [0.05, 0.1) is 17.4 Å². The molecule has 0 bridgehead atoms. The van der Waals surface area contributed by atoms with Crippen molar-refractivity contribution in [1.82, 2.24) is 24.7 Å². The summed E-state index contributed by atoms with van der Waals surface area (Å²) in [5.74, 6) is 1.14. The Morgan fingerprint density at radius 2 is 1.89 bits per heavy atom. The third-order valence-corrected chi connectivity index (χ3v) is 7.29. The van der Waals surface area contributed by atoms with Crippen molar-refractivity contribution in [3.8, 4) is 0 Å². The van der Waals surface area contributed by atoms with E-state index in [-0.39, 0.29) is 0 Å². The molecule has 0 aromatic carbocycles. The summed E-state index contributed by atoms with van der Waals surface area (Å²) in [6.07, 6.45) is 13.7. The summed E-state index contributed by atoms with van der Waals surface area (Å²) in [6, 6.07) is 0. The molecule has 0 amide bonds. The summed E-state index contributed by atoms with van der Waals surface area (Å²) >= 11 is 0. The van der Waals surface area contributed by atoms with Gasteiger partial charge in [-0.05, 0) is 55.4 Å². The molecular weight excluding hydrogens is 338 g/mol. The summed E-state index contributed by atoms with van der Waals surface area (Å²) in [5, 5.41) is 3.46. The van der Waals surface area contributed by atoms with Crippen molar-refractivity contribution in [2.24, 2.45) is 5.41 Å². The number of aromatic amines is 1. The zero-order chi connectivity index (χ0) is 17.8. The van der Waals surface area contributed by atoms with Gasteiger partial charge in [0, 0.05) is 44.6 Å². The van der Waals surface area contributed by atoms with E-state index < -0.39 is 0 Å². The van der Waals surface area contributed by atoms with Crippen molar-refractivity contribution < 1.29 is 4.74 Å². The van der Waals surface area contributed by atoms with E-state index in [1.807, 2.05) is 6.20 Å². The molecule has 3 aromatic heterocycles. The molecule has 5 heterocycles. The third kappa shape index (κ3) is 2.53. The Labute approximate surface area is 158 Å². The number of ether oxygens (including phenoxy) is 1. The van der Waals surface area contributed by atoms with Crippen molar-refractivity contribution >= 4 is 16.8 Å². The quantitative estimate of drug-likeness (QED) is 0.731. The van der Waals surface area contributed by atoms with E-state index in [2.05, 4.69) is 32.1 Å². The average Bonchev–Trinajstić information content (AvgIpc) is 3.31. The first-order valence-corrected chi connectivity index (χ1v) is 10.4. The van der Waals surface area contributed by atoms with Crippen molar-refractivity contribution in [1.29, 1.82) is 0 Å². The number of fused-ring (bicyclic) bond motifs is 3. The van der Waals surface area contributed by atoms with E-state index in [0.717, 1.165) is 37.3 Å². The fraction of sp³-hybridized carbons (Fsp3) is 0.619. The van der Waals surface area contributed by atoms with Gasteiger partial charge in [0.1, 0.15) is 0 Å². The maximum Gasteiger partial charge on any atom is 0.156 e. The molecule has 6 rings (SSSR count). The molecule has 2 aliphatic heterocycles. The number of H-pyrrole nitrogens is 1. The Morgan fingerprint density at radius 1 is 1.07 bits per heavy atom. The molecule has 2 N–H and O–H groups in total. The molecule has 1 spiro atoms. The molecule has 1 saturated carbocycles. The lowest BCUT2D eigenvalue weighted by Gasteiger charge is -2.47. The van der Waals surface area contributed by atoms with Crippen molar-refractivity contribution in [3.63, 3.8) is 0 Å². The van der Waals surface area contributed by atoms with Crippen molar-refractivity contribution in [2.45, 2.75) is 50.4 Å². The van der Waals surface area contributed by atoms with Crippen LogP contribution in [0.2, 0.25) is 0 Å². The fourth-order valence-corrected chi connectivity index (χ4v) is 5.45. The summed E-state index contributed by atoms with van der Waals surface area (Å²) in [6.45, 7) is 4.14. The van der Waals surface area contributed by atoms with Crippen LogP contribution in [0.25, 0.3) is 16.8 Å². The van der Waals surface area contributed by atoms with Crippen molar-refractivity contribution in [2.75, 3.05) is 26.3 Å². The number of rotatable bonds is 2. The van der Waals surface area contributed by atoms with E-state index in [1.54, 1.807) is 0 Å². The van der Waals surface area contributed by atoms with Crippen LogP contribution in [0.15, 0.2) is 18.6 Å². The second-order valence-corrected chi connectivity index (χ2v) is 8.86. The predicted molar refractivity (Wildman–Crippen MR) is 104 cm³/mol. The Morgan fingerprint density at radius 3 is 2.63 bits per heavy atom. The summed E-state index contributed by atoms with van der Waals surface area (Å²) in [7, 11) is 0. The molecule has 27 heavy (non-hydrogen) atoms. The highest BCUT2D eigenvalue weighted by molar-refractivity contribution is 5.79. The van der Waals surface area contributed by atoms with Crippen LogP contribution >= 0.6 is 0 Å². The lowest BCUT2D eigenvalue weighted by molar-refractivity contribution is 0.0855. The van der Waals surface area contributed by atoms with Gasteiger partial charge in [-0.25, -0.2) is 9.97 Å². The van der Waals surface area contributed by atoms with E-state index in [9.17, 15) is 0 Å². The van der Waals surface area contributed by atoms with Gasteiger partial charge in [0.2, 0.25) is 0 Å². The molecular formula is C21H27N5O. The van der Waals surface area contributed by atoms with E-state index in [1.165, 1.54) is 55.5 Å². The van der Waals surface area contributed by atoms with Gasteiger partial charge in [-0.2, -0.15) is 0 Å². The van der Waals surface area contributed by atoms with Crippen molar-refractivity contribution in [3.05, 3.63) is 29.8 Å². The zero-order valence-corrected chi connectivity index (χ0v) is 15.7. The molecule has 142 valence electrons. The summed E-state index contributed by atoms with van der Waals surface area (Å²) < 4.78 is 7.85. The number of nitrogens with zero attached hydrogens (tertiary/aromatic N) is 3. The molecule has 2 saturated heterocycles. The number of hydrogen-bond donors (Lipinski definition) is 2. The molecule has 1 aliphatic carbocycles. The van der Waals surface area contributed by atoms with Crippen LogP contribution in [0.3, 0.4) is 0 Å². The van der Waals surface area contributed by atoms with Gasteiger partial charge in [0.25, 0.3) is 0 Å². The monoisotopic (exact) mass is 365 g/mol. The van der Waals surface area contributed by atoms with Crippen LogP contribution in [0.1, 0.15) is 61.6 Å². The Kier molecular flexibility index (Phi) is 3.60. The van der Waals surface area contributed by atoms with E-state index >= 15 is 0 Å². The highest BCUT2D eigenvalue weighted by atomic mass is 16.5. The molecule has 3 fully saturated rings. The molecule has 3 aromatic rings. The first-order valence-electron chi connectivity index (χ1n) is 10.4. The number of hydrogen-bond acceptors (Lipinski definition) is 4. The summed E-state index contributed by atoms with van der Waals surface area (Å²) in [4.78, 5) is 13.0. The SMILES string of the molecule is c1[nH]c2ncc3nc(C4CCC5(CC4)CNC5)cn3c2c1C1CCOCC1. The lowest BCUT2D eigenvalue weighted by Crippen LogP contribution is -2.54. The predicted octanol–water partition coefficient (Wildman–Crippen LogP) is 3.35. The van der Waals surface area contributed by atoms with Gasteiger partial charge < -0.3 is 15.0 Å². The van der Waals surface area contributed by atoms with Gasteiger partial charge in [0.15, 0.2) is 11.3 Å². The molecule has 6 heteroatoms. The Bertz CT molecular complexity index is 969. The highest BCUT2D eigenvalue weighted by Gasteiger charge is 2.40. The topological polar surface area (TPSA) is 67.2 Å². The van der Waals surface area contributed by atoms with Gasteiger partial charge in [-0.1, -0.05) is 0 Å². The lowest BCUT2D eigenvalue weighted by atomic mass is 9.66. The smallest absolute Gasteiger partial charge is 0.156 e. The Balaban J connectivity index is 1.37. The summed E-state index contributed by atoms with van der Waals surface area (Å²) in [5.41, 5.74) is 6.39. The number of imidazole rings is 1. The maximum absolute atomic E-state index is 5.56. The molecule has 3 aliphatic rings. The van der Waals surface area contributed by atoms with E-state index in [0.29, 0.717) is 17.3 Å². The molecule has 6 nitrogen and oxygen atoms in total. The highest BCUT2D eigenvalue weighted by Crippen LogP contribution is 2.45. The first-order chi connectivity index (χ1) is 13.3. The largest absolute Gasteiger partial charge is 0.381 e. The Hall–Kier alpha value is -1.92. The minimum atomic E-state index is 0.548. The van der Waals surface area contributed by atoms with Gasteiger partial charge in [-0.15, -0.1) is 0 Å². The van der Waals surface area contributed by atoms with Crippen LogP contribution in [-0.2, 0) is 4.74 Å². The van der Waals surface area contributed by atoms with Crippen LogP contribution in [0, 0.1) is 5.41 Å². The van der Waals surface area contributed by atoms with Crippen LogP contribution in [0.4, 0.5) is 0 Å². The number of aromatic nitrogens is 4. The van der Waals surface area contributed by atoms with Gasteiger partial charge >= 0.3 is 0 Å². The number of nitrogens with one attached hydrogen (secondary N) is 2. The third-order valence-electron chi connectivity index (χ3n) is 7.29. The van der Waals surface area contributed by atoms with Crippen LogP contribution < -0.4 is 5.32 Å². The first kappa shape index (κ1) is 16.1. The second-order valence-electron chi connectivity index (χ2n) is 8.86. The second kappa shape index (κ2) is 6.04. The molecule has 0 atom stereocenters. The minimum absolute atomic E-state index is 0.548. The molecule has 0 unspecified atom stereocenters. The maximum atomic E-state index is 5.56.